The Labute approximate surface area is 150 Å². The summed E-state index contributed by atoms with van der Waals surface area (Å²) in [6.45, 7) is 2.87. The van der Waals surface area contributed by atoms with E-state index in [9.17, 15) is 8.42 Å². The Morgan fingerprint density at radius 2 is 1.60 bits per heavy atom. The average Bonchev–Trinajstić information content (AvgIpc) is 2.60. The minimum Gasteiger partial charge on any atom is -0.379 e. The normalized spacial score (nSPS) is 16.6. The summed E-state index contributed by atoms with van der Waals surface area (Å²) in [5.41, 5.74) is 2.13. The highest BCUT2D eigenvalue weighted by molar-refractivity contribution is 7.88. The van der Waals surface area contributed by atoms with E-state index in [1.54, 1.807) is 0 Å². The van der Waals surface area contributed by atoms with Gasteiger partial charge in [-0.2, -0.15) is 4.31 Å². The van der Waals surface area contributed by atoms with Crippen molar-refractivity contribution in [3.63, 3.8) is 0 Å². The number of hydrogen-bond acceptors (Lipinski definition) is 4. The average molecular weight is 362 g/mol. The minimum absolute atomic E-state index is 0.0469. The molecule has 0 aromatic heterocycles. The van der Waals surface area contributed by atoms with Crippen molar-refractivity contribution in [2.75, 3.05) is 46.9 Å². The summed E-state index contributed by atoms with van der Waals surface area (Å²) in [6, 6.07) is 12.4. The monoisotopic (exact) mass is 362 g/mol. The Bertz CT molecular complexity index is 828. The van der Waals surface area contributed by atoms with Crippen LogP contribution in [-0.2, 0) is 26.9 Å². The molecule has 0 atom stereocenters. The van der Waals surface area contributed by atoms with Crippen LogP contribution in [0.3, 0.4) is 0 Å². The van der Waals surface area contributed by atoms with Crippen molar-refractivity contribution in [3.8, 4) is 0 Å². The van der Waals surface area contributed by atoms with Crippen molar-refractivity contribution in [2.24, 2.45) is 0 Å². The molecule has 0 N–H and O–H groups in total. The standard InChI is InChI=1S/C19H26N2O3S/c1-20(2)8-7-16-3-5-19-14-17(4-6-18(19)13-16)15-25(22,23)21-9-11-24-12-10-21/h3-6,13-14H,7-12,15H2,1-2H3. The molecule has 2 aromatic carbocycles. The minimum atomic E-state index is -3.28. The number of morpholine rings is 1. The van der Waals surface area contributed by atoms with Crippen LogP contribution in [0.15, 0.2) is 36.4 Å². The van der Waals surface area contributed by atoms with Gasteiger partial charge >= 0.3 is 0 Å². The fourth-order valence-corrected chi connectivity index (χ4v) is 4.56. The third-order valence-corrected chi connectivity index (χ3v) is 6.38. The largest absolute Gasteiger partial charge is 0.379 e. The number of rotatable bonds is 6. The molecular formula is C19H26N2O3S. The van der Waals surface area contributed by atoms with E-state index in [2.05, 4.69) is 37.2 Å². The molecule has 1 heterocycles. The lowest BCUT2D eigenvalue weighted by atomic mass is 10.0. The molecule has 5 nitrogen and oxygen atoms in total. The van der Waals surface area contributed by atoms with Crippen LogP contribution in [0.2, 0.25) is 0 Å². The Kier molecular flexibility index (Phi) is 5.74. The predicted octanol–water partition coefficient (Wildman–Crippen LogP) is 2.11. The molecule has 3 rings (SSSR count). The lowest BCUT2D eigenvalue weighted by Crippen LogP contribution is -2.41. The van der Waals surface area contributed by atoms with Crippen LogP contribution in [0.1, 0.15) is 11.1 Å². The summed E-state index contributed by atoms with van der Waals surface area (Å²) >= 11 is 0. The zero-order chi connectivity index (χ0) is 17.9. The fourth-order valence-electron chi connectivity index (χ4n) is 3.07. The zero-order valence-corrected chi connectivity index (χ0v) is 15.8. The maximum atomic E-state index is 12.6. The Balaban J connectivity index is 1.75. The number of likely N-dealkylation sites (N-methyl/N-ethyl adjacent to an activating group) is 1. The molecule has 1 aliphatic heterocycles. The third-order valence-electron chi connectivity index (χ3n) is 4.53. The highest BCUT2D eigenvalue weighted by Gasteiger charge is 2.24. The number of sulfonamides is 1. The van der Waals surface area contributed by atoms with E-state index >= 15 is 0 Å². The first-order valence-corrected chi connectivity index (χ1v) is 10.3. The van der Waals surface area contributed by atoms with Gasteiger partial charge in [0.1, 0.15) is 0 Å². The van der Waals surface area contributed by atoms with Crippen molar-refractivity contribution in [1.82, 2.24) is 9.21 Å². The van der Waals surface area contributed by atoms with Gasteiger partial charge in [0.15, 0.2) is 0 Å². The van der Waals surface area contributed by atoms with Crippen molar-refractivity contribution in [3.05, 3.63) is 47.5 Å². The zero-order valence-electron chi connectivity index (χ0n) is 14.9. The van der Waals surface area contributed by atoms with E-state index in [1.165, 1.54) is 9.87 Å². The van der Waals surface area contributed by atoms with Crippen LogP contribution < -0.4 is 0 Å². The summed E-state index contributed by atoms with van der Waals surface area (Å²) in [5.74, 6) is 0.0469. The topological polar surface area (TPSA) is 49.9 Å². The highest BCUT2D eigenvalue weighted by Crippen LogP contribution is 2.21. The second-order valence-corrected chi connectivity index (χ2v) is 8.81. The fraction of sp³-hybridized carbons (Fsp3) is 0.474. The molecule has 0 bridgehead atoms. The van der Waals surface area contributed by atoms with Gasteiger partial charge in [0.2, 0.25) is 10.0 Å². The molecule has 0 radical (unpaired) electrons. The first-order chi connectivity index (χ1) is 11.9. The van der Waals surface area contributed by atoms with Gasteiger partial charge in [0, 0.05) is 19.6 Å². The molecule has 0 saturated carbocycles. The first kappa shape index (κ1) is 18.3. The van der Waals surface area contributed by atoms with Crippen LogP contribution in [0.5, 0.6) is 0 Å². The lowest BCUT2D eigenvalue weighted by molar-refractivity contribution is 0.0729. The van der Waals surface area contributed by atoms with Crippen molar-refractivity contribution in [1.29, 1.82) is 0 Å². The second-order valence-electron chi connectivity index (χ2n) is 6.84. The van der Waals surface area contributed by atoms with Gasteiger partial charge < -0.3 is 9.64 Å². The van der Waals surface area contributed by atoms with Gasteiger partial charge in [-0.05, 0) is 42.4 Å². The van der Waals surface area contributed by atoms with E-state index < -0.39 is 10.0 Å². The van der Waals surface area contributed by atoms with Gasteiger partial charge in [0.25, 0.3) is 0 Å². The summed E-state index contributed by atoms with van der Waals surface area (Å²) in [5, 5.41) is 2.24. The maximum absolute atomic E-state index is 12.6. The van der Waals surface area contributed by atoms with Gasteiger partial charge in [-0.1, -0.05) is 36.4 Å². The number of benzene rings is 2. The smallest absolute Gasteiger partial charge is 0.218 e. The van der Waals surface area contributed by atoms with Crippen molar-refractivity contribution >= 4 is 20.8 Å². The molecule has 0 unspecified atom stereocenters. The van der Waals surface area contributed by atoms with E-state index in [-0.39, 0.29) is 5.75 Å². The summed E-state index contributed by atoms with van der Waals surface area (Å²) in [7, 11) is 0.860. The molecule has 1 saturated heterocycles. The molecule has 0 aliphatic carbocycles. The molecule has 1 aliphatic rings. The Morgan fingerprint density at radius 3 is 2.24 bits per heavy atom. The lowest BCUT2D eigenvalue weighted by Gasteiger charge is -2.26. The van der Waals surface area contributed by atoms with Crippen LogP contribution in [0.25, 0.3) is 10.8 Å². The molecular weight excluding hydrogens is 336 g/mol. The van der Waals surface area contributed by atoms with E-state index in [0.29, 0.717) is 26.3 Å². The summed E-state index contributed by atoms with van der Waals surface area (Å²) in [4.78, 5) is 2.17. The van der Waals surface area contributed by atoms with Crippen LogP contribution in [-0.4, -0.2) is 64.6 Å². The predicted molar refractivity (Wildman–Crippen MR) is 101 cm³/mol. The molecule has 1 fully saturated rings. The maximum Gasteiger partial charge on any atom is 0.218 e. The van der Waals surface area contributed by atoms with Crippen molar-refractivity contribution < 1.29 is 13.2 Å². The molecule has 136 valence electrons. The molecule has 0 spiro atoms. The van der Waals surface area contributed by atoms with E-state index in [0.717, 1.165) is 29.3 Å². The number of hydrogen-bond donors (Lipinski definition) is 0. The number of ether oxygens (including phenoxy) is 1. The van der Waals surface area contributed by atoms with E-state index in [1.807, 2.05) is 18.2 Å². The third kappa shape index (κ3) is 4.79. The van der Waals surface area contributed by atoms with Crippen LogP contribution in [0, 0.1) is 0 Å². The summed E-state index contributed by atoms with van der Waals surface area (Å²) in [6.07, 6.45) is 1.01. The number of fused-ring (bicyclic) bond motifs is 1. The van der Waals surface area contributed by atoms with Crippen molar-refractivity contribution in [2.45, 2.75) is 12.2 Å². The SMILES string of the molecule is CN(C)CCc1ccc2cc(CS(=O)(=O)N3CCOCC3)ccc2c1. The van der Waals surface area contributed by atoms with Crippen LogP contribution in [0.4, 0.5) is 0 Å². The Morgan fingerprint density at radius 1 is 1.00 bits per heavy atom. The first-order valence-electron chi connectivity index (χ1n) is 8.66. The van der Waals surface area contributed by atoms with Gasteiger partial charge in [0.05, 0.1) is 19.0 Å². The quantitative estimate of drug-likeness (QED) is 0.790. The molecule has 2 aromatic rings. The summed E-state index contributed by atoms with van der Waals surface area (Å²) < 4.78 is 31.9. The Hall–Kier alpha value is -1.47. The van der Waals surface area contributed by atoms with Gasteiger partial charge in [-0.3, -0.25) is 0 Å². The molecule has 0 amide bonds. The second kappa shape index (κ2) is 7.83. The molecule has 25 heavy (non-hydrogen) atoms. The van der Waals surface area contributed by atoms with Gasteiger partial charge in [-0.15, -0.1) is 0 Å². The molecule has 6 heteroatoms. The van der Waals surface area contributed by atoms with Crippen LogP contribution >= 0.6 is 0 Å². The number of nitrogens with zero attached hydrogens (tertiary/aromatic N) is 2. The van der Waals surface area contributed by atoms with E-state index in [4.69, 9.17) is 4.74 Å². The van der Waals surface area contributed by atoms with Gasteiger partial charge in [-0.25, -0.2) is 8.42 Å². The highest BCUT2D eigenvalue weighted by atomic mass is 32.2.